The van der Waals surface area contributed by atoms with Gasteiger partial charge in [-0.15, -0.1) is 0 Å². The van der Waals surface area contributed by atoms with E-state index in [2.05, 4.69) is 4.98 Å². The zero-order valence-corrected chi connectivity index (χ0v) is 10.9. The first-order chi connectivity index (χ1) is 9.69. The number of oxazole rings is 1. The number of hydrogen-bond acceptors (Lipinski definition) is 6. The standard InChI is InChI=1S/C13H15N3O4/c17-8-10-3-1-2-6-15(10)13-14-11-7-9(16(18)19)4-5-12(11)20-13/h4-5,7,10,17H,1-3,6,8H2/t10-/m1/s1. The number of anilines is 1. The number of aromatic nitrogens is 1. The number of nitro groups is 1. The van der Waals surface area contributed by atoms with Gasteiger partial charge >= 0.3 is 0 Å². The highest BCUT2D eigenvalue weighted by atomic mass is 16.6. The average Bonchev–Trinajstić information content (AvgIpc) is 2.89. The third-order valence-electron chi connectivity index (χ3n) is 3.65. The van der Waals surface area contributed by atoms with Crippen LogP contribution >= 0.6 is 0 Å². The Balaban J connectivity index is 1.97. The maximum absolute atomic E-state index is 10.8. The van der Waals surface area contributed by atoms with Crippen LogP contribution in [0.4, 0.5) is 11.7 Å². The molecule has 0 spiro atoms. The van der Waals surface area contributed by atoms with Gasteiger partial charge in [0.05, 0.1) is 17.6 Å². The summed E-state index contributed by atoms with van der Waals surface area (Å²) in [6, 6.07) is 4.80. The highest BCUT2D eigenvalue weighted by Gasteiger charge is 2.26. The van der Waals surface area contributed by atoms with Gasteiger partial charge in [-0.3, -0.25) is 10.1 Å². The van der Waals surface area contributed by atoms with Crippen molar-refractivity contribution in [2.45, 2.75) is 25.3 Å². The highest BCUT2D eigenvalue weighted by Crippen LogP contribution is 2.29. The topological polar surface area (TPSA) is 92.6 Å². The molecule has 0 amide bonds. The van der Waals surface area contributed by atoms with E-state index in [1.807, 2.05) is 4.90 Å². The lowest BCUT2D eigenvalue weighted by molar-refractivity contribution is -0.384. The van der Waals surface area contributed by atoms with E-state index < -0.39 is 4.92 Å². The van der Waals surface area contributed by atoms with Crippen LogP contribution in [0.1, 0.15) is 19.3 Å². The molecule has 0 radical (unpaired) electrons. The van der Waals surface area contributed by atoms with Crippen LogP contribution in [-0.2, 0) is 0 Å². The fourth-order valence-corrected chi connectivity index (χ4v) is 2.58. The first kappa shape index (κ1) is 12.9. The third-order valence-corrected chi connectivity index (χ3v) is 3.65. The largest absolute Gasteiger partial charge is 0.423 e. The van der Waals surface area contributed by atoms with E-state index in [0.29, 0.717) is 17.1 Å². The van der Waals surface area contributed by atoms with Crippen LogP contribution in [0, 0.1) is 10.1 Å². The maximum Gasteiger partial charge on any atom is 0.298 e. The van der Waals surface area contributed by atoms with Gasteiger partial charge in [0, 0.05) is 18.7 Å². The molecule has 1 aliphatic rings. The van der Waals surface area contributed by atoms with Gasteiger partial charge in [0.1, 0.15) is 5.52 Å². The van der Waals surface area contributed by atoms with Gasteiger partial charge in [0.25, 0.3) is 11.7 Å². The zero-order chi connectivity index (χ0) is 14.1. The van der Waals surface area contributed by atoms with Crippen molar-refractivity contribution in [3.8, 4) is 0 Å². The molecule has 1 N–H and O–H groups in total. The van der Waals surface area contributed by atoms with Crippen LogP contribution < -0.4 is 4.90 Å². The Morgan fingerprint density at radius 3 is 3.10 bits per heavy atom. The summed E-state index contributed by atoms with van der Waals surface area (Å²) in [5, 5.41) is 20.2. The summed E-state index contributed by atoms with van der Waals surface area (Å²) >= 11 is 0. The van der Waals surface area contributed by atoms with Crippen molar-refractivity contribution in [3.63, 3.8) is 0 Å². The Hall–Kier alpha value is -2.15. The van der Waals surface area contributed by atoms with Crippen LogP contribution in [-0.4, -0.2) is 34.2 Å². The molecule has 1 aliphatic heterocycles. The summed E-state index contributed by atoms with van der Waals surface area (Å²) in [6.07, 6.45) is 3.00. The molecular weight excluding hydrogens is 262 g/mol. The number of aliphatic hydroxyl groups excluding tert-OH is 1. The van der Waals surface area contributed by atoms with Crippen molar-refractivity contribution in [2.75, 3.05) is 18.1 Å². The number of fused-ring (bicyclic) bond motifs is 1. The molecule has 1 atom stereocenters. The Morgan fingerprint density at radius 2 is 2.35 bits per heavy atom. The molecule has 1 aromatic heterocycles. The van der Waals surface area contributed by atoms with Crippen molar-refractivity contribution in [1.82, 2.24) is 4.98 Å². The minimum Gasteiger partial charge on any atom is -0.423 e. The van der Waals surface area contributed by atoms with E-state index in [-0.39, 0.29) is 18.3 Å². The van der Waals surface area contributed by atoms with Gasteiger partial charge in [-0.25, -0.2) is 0 Å². The second kappa shape index (κ2) is 5.09. The SMILES string of the molecule is O=[N+]([O-])c1ccc2oc(N3CCCC[C@@H]3CO)nc2c1. The summed E-state index contributed by atoms with van der Waals surface area (Å²) in [7, 11) is 0. The predicted molar refractivity (Wildman–Crippen MR) is 72.7 cm³/mol. The lowest BCUT2D eigenvalue weighted by Gasteiger charge is -2.33. The van der Waals surface area contributed by atoms with E-state index >= 15 is 0 Å². The average molecular weight is 277 g/mol. The lowest BCUT2D eigenvalue weighted by atomic mass is 10.0. The number of nitrogens with zero attached hydrogens (tertiary/aromatic N) is 3. The fourth-order valence-electron chi connectivity index (χ4n) is 2.58. The quantitative estimate of drug-likeness (QED) is 0.682. The minimum atomic E-state index is -0.453. The molecule has 0 aliphatic carbocycles. The van der Waals surface area contributed by atoms with Crippen LogP contribution in [0.2, 0.25) is 0 Å². The number of benzene rings is 1. The maximum atomic E-state index is 10.8. The second-order valence-electron chi connectivity index (χ2n) is 4.93. The molecule has 1 saturated heterocycles. The van der Waals surface area contributed by atoms with Crippen LogP contribution in [0.3, 0.4) is 0 Å². The Bertz CT molecular complexity index is 640. The molecule has 7 heteroatoms. The van der Waals surface area contributed by atoms with E-state index in [1.54, 1.807) is 6.07 Å². The van der Waals surface area contributed by atoms with Crippen LogP contribution in [0.5, 0.6) is 0 Å². The van der Waals surface area contributed by atoms with Gasteiger partial charge in [-0.2, -0.15) is 4.98 Å². The van der Waals surface area contributed by atoms with Crippen molar-refractivity contribution in [2.24, 2.45) is 0 Å². The molecule has 106 valence electrons. The zero-order valence-electron chi connectivity index (χ0n) is 10.9. The Labute approximate surface area is 115 Å². The summed E-state index contributed by atoms with van der Waals surface area (Å²) in [4.78, 5) is 16.6. The monoisotopic (exact) mass is 277 g/mol. The smallest absolute Gasteiger partial charge is 0.298 e. The second-order valence-corrected chi connectivity index (χ2v) is 4.93. The Kier molecular flexibility index (Phi) is 3.27. The van der Waals surface area contributed by atoms with E-state index in [9.17, 15) is 15.2 Å². The molecule has 20 heavy (non-hydrogen) atoms. The summed E-state index contributed by atoms with van der Waals surface area (Å²) in [5.74, 6) is 0. The van der Waals surface area contributed by atoms with Crippen LogP contribution in [0.25, 0.3) is 11.1 Å². The fraction of sp³-hybridized carbons (Fsp3) is 0.462. The van der Waals surface area contributed by atoms with Gasteiger partial charge < -0.3 is 14.4 Å². The molecule has 1 fully saturated rings. The number of piperidine rings is 1. The van der Waals surface area contributed by atoms with Gasteiger partial charge in [0.15, 0.2) is 5.58 Å². The molecule has 0 bridgehead atoms. The minimum absolute atomic E-state index is 0.00491. The molecule has 2 heterocycles. The third kappa shape index (κ3) is 2.20. The molecular formula is C13H15N3O4. The van der Waals surface area contributed by atoms with Crippen LogP contribution in [0.15, 0.2) is 22.6 Å². The molecule has 3 rings (SSSR count). The molecule has 1 aromatic carbocycles. The van der Waals surface area contributed by atoms with Gasteiger partial charge in [-0.05, 0) is 25.3 Å². The van der Waals surface area contributed by atoms with Crippen molar-refractivity contribution in [1.29, 1.82) is 0 Å². The molecule has 7 nitrogen and oxygen atoms in total. The first-order valence-electron chi connectivity index (χ1n) is 6.61. The van der Waals surface area contributed by atoms with Crippen molar-refractivity contribution < 1.29 is 14.4 Å². The highest BCUT2D eigenvalue weighted by molar-refractivity contribution is 5.77. The number of hydrogen-bond donors (Lipinski definition) is 1. The summed E-state index contributed by atoms with van der Waals surface area (Å²) in [5.41, 5.74) is 0.985. The van der Waals surface area contributed by atoms with Gasteiger partial charge in [0.2, 0.25) is 0 Å². The number of rotatable bonds is 3. The lowest BCUT2D eigenvalue weighted by Crippen LogP contribution is -2.42. The normalized spacial score (nSPS) is 19.4. The predicted octanol–water partition coefficient (Wildman–Crippen LogP) is 2.09. The number of aliphatic hydroxyl groups is 1. The molecule has 0 saturated carbocycles. The summed E-state index contributed by atoms with van der Waals surface area (Å²) in [6.45, 7) is 0.832. The number of non-ortho nitro benzene ring substituents is 1. The van der Waals surface area contributed by atoms with Gasteiger partial charge in [-0.1, -0.05) is 0 Å². The van der Waals surface area contributed by atoms with Crippen molar-refractivity contribution in [3.05, 3.63) is 28.3 Å². The molecule has 0 unspecified atom stereocenters. The van der Waals surface area contributed by atoms with E-state index in [0.717, 1.165) is 25.8 Å². The van der Waals surface area contributed by atoms with E-state index in [4.69, 9.17) is 4.42 Å². The summed E-state index contributed by atoms with van der Waals surface area (Å²) < 4.78 is 5.66. The number of nitro benzene ring substituents is 1. The molecule has 2 aromatic rings. The van der Waals surface area contributed by atoms with E-state index in [1.165, 1.54) is 12.1 Å². The van der Waals surface area contributed by atoms with Crippen molar-refractivity contribution >= 4 is 22.8 Å². The Morgan fingerprint density at radius 1 is 1.50 bits per heavy atom. The first-order valence-corrected chi connectivity index (χ1v) is 6.61.